The van der Waals surface area contributed by atoms with E-state index in [0.717, 1.165) is 0 Å². The lowest BCUT2D eigenvalue weighted by Gasteiger charge is -1.95. The number of carbonyl (C=O) groups excluding carboxylic acids is 1. The summed E-state index contributed by atoms with van der Waals surface area (Å²) in [5, 5.41) is 10.5. The largest absolute Gasteiger partial charge is 0.303 e. The van der Waals surface area contributed by atoms with Crippen molar-refractivity contribution in [1.82, 2.24) is 5.32 Å². The molecule has 0 aromatic heterocycles. The van der Waals surface area contributed by atoms with Crippen LogP contribution in [0.2, 0.25) is 0 Å². The molecule has 4 nitrogen and oxygen atoms in total. The molecule has 90 valence electrons. The van der Waals surface area contributed by atoms with Crippen molar-refractivity contribution in [3.05, 3.63) is 35.1 Å². The number of nitrogens with one attached hydrogen (secondary N) is 1. The lowest BCUT2D eigenvalue weighted by atomic mass is 10.1. The third-order valence-electron chi connectivity index (χ3n) is 2.03. The maximum absolute atomic E-state index is 13.1. The van der Waals surface area contributed by atoms with Gasteiger partial charge in [-0.15, -0.1) is 11.5 Å². The molecule has 0 bridgehead atoms. The van der Waals surface area contributed by atoms with E-state index >= 15 is 0 Å². The van der Waals surface area contributed by atoms with Gasteiger partial charge in [0, 0.05) is 5.56 Å². The van der Waals surface area contributed by atoms with Crippen LogP contribution in [0.4, 0.5) is 4.39 Å². The number of nitrogens with zero attached hydrogens (tertiary/aromatic N) is 2. The fourth-order valence-corrected chi connectivity index (χ4v) is 1.93. The quantitative estimate of drug-likeness (QED) is 0.496. The summed E-state index contributed by atoms with van der Waals surface area (Å²) in [6.07, 6.45) is 6.57. The monoisotopic (exact) mass is 261 g/mol. The predicted molar refractivity (Wildman–Crippen MR) is 70.0 cm³/mol. The summed E-state index contributed by atoms with van der Waals surface area (Å²) in [6, 6.07) is 4.17. The molecule has 0 radical (unpaired) electrons. The average Bonchev–Trinajstić information content (AvgIpc) is 2.74. The molecule has 1 fully saturated rings. The van der Waals surface area contributed by atoms with Gasteiger partial charge in [-0.3, -0.25) is 4.79 Å². The van der Waals surface area contributed by atoms with Crippen molar-refractivity contribution in [2.45, 2.75) is 0 Å². The zero-order valence-electron chi connectivity index (χ0n) is 9.18. The van der Waals surface area contributed by atoms with Gasteiger partial charge in [-0.25, -0.2) is 4.39 Å². The highest BCUT2D eigenvalue weighted by Gasteiger charge is 2.15. The molecule has 1 aromatic rings. The van der Waals surface area contributed by atoms with Crippen LogP contribution in [0.15, 0.2) is 28.4 Å². The molecule has 1 aromatic carbocycles. The van der Waals surface area contributed by atoms with E-state index in [4.69, 9.17) is 6.42 Å². The van der Waals surface area contributed by atoms with Crippen LogP contribution in [0.25, 0.3) is 0 Å². The van der Waals surface area contributed by atoms with Crippen LogP contribution in [0, 0.1) is 18.2 Å². The maximum atomic E-state index is 13.1. The first kappa shape index (κ1) is 12.3. The Balaban J connectivity index is 2.12. The lowest BCUT2D eigenvalue weighted by Crippen LogP contribution is -2.19. The Labute approximate surface area is 107 Å². The second-order valence-electron chi connectivity index (χ2n) is 3.40. The van der Waals surface area contributed by atoms with E-state index in [2.05, 4.69) is 21.4 Å². The third-order valence-corrected chi connectivity index (χ3v) is 2.89. The van der Waals surface area contributed by atoms with Gasteiger partial charge in [0.1, 0.15) is 5.82 Å². The summed E-state index contributed by atoms with van der Waals surface area (Å²) < 4.78 is 13.1. The van der Waals surface area contributed by atoms with E-state index in [1.807, 2.05) is 0 Å². The molecule has 0 saturated carbocycles. The molecular weight excluding hydrogens is 253 g/mol. The molecule has 1 aliphatic heterocycles. The Morgan fingerprint density at radius 1 is 1.50 bits per heavy atom. The normalized spacial score (nSPS) is 17.1. The van der Waals surface area contributed by atoms with Gasteiger partial charge in [-0.2, -0.15) is 5.10 Å². The smallest absolute Gasteiger partial charge is 0.236 e. The van der Waals surface area contributed by atoms with E-state index in [-0.39, 0.29) is 5.91 Å². The van der Waals surface area contributed by atoms with Crippen molar-refractivity contribution >= 4 is 29.1 Å². The Morgan fingerprint density at radius 3 is 3.00 bits per heavy atom. The van der Waals surface area contributed by atoms with Gasteiger partial charge in [0.05, 0.1) is 12.0 Å². The van der Waals surface area contributed by atoms with Gasteiger partial charge in [0.15, 0.2) is 5.17 Å². The molecule has 2 rings (SSSR count). The highest BCUT2D eigenvalue weighted by Crippen LogP contribution is 2.09. The number of amides is 1. The van der Waals surface area contributed by atoms with Gasteiger partial charge in [-0.1, -0.05) is 17.7 Å². The van der Waals surface area contributed by atoms with Crippen LogP contribution in [-0.4, -0.2) is 23.0 Å². The summed E-state index contributed by atoms with van der Waals surface area (Å²) in [4.78, 5) is 10.9. The second kappa shape index (κ2) is 5.47. The number of hydrogen-bond donors (Lipinski definition) is 1. The SMILES string of the molecule is C#Cc1cc(F)cc(C=NN=C2NC(=O)CS2)c1. The number of rotatable bonds is 2. The number of benzene rings is 1. The van der Waals surface area contributed by atoms with Crippen LogP contribution < -0.4 is 5.32 Å². The number of hydrogen-bond acceptors (Lipinski definition) is 4. The molecule has 0 spiro atoms. The van der Waals surface area contributed by atoms with Crippen molar-refractivity contribution in [3.63, 3.8) is 0 Å². The fourth-order valence-electron chi connectivity index (χ4n) is 1.30. The topological polar surface area (TPSA) is 53.8 Å². The minimum atomic E-state index is -0.428. The molecule has 6 heteroatoms. The van der Waals surface area contributed by atoms with Crippen molar-refractivity contribution < 1.29 is 9.18 Å². The Morgan fingerprint density at radius 2 is 2.33 bits per heavy atom. The van der Waals surface area contributed by atoms with Gasteiger partial charge in [-0.05, 0) is 23.8 Å². The first-order valence-electron chi connectivity index (χ1n) is 4.98. The number of carbonyl (C=O) groups is 1. The summed E-state index contributed by atoms with van der Waals surface area (Å²) in [5.74, 6) is 2.16. The van der Waals surface area contributed by atoms with Gasteiger partial charge < -0.3 is 5.32 Å². The zero-order chi connectivity index (χ0) is 13.0. The number of terminal acetylenes is 1. The predicted octanol–water partition coefficient (Wildman–Crippen LogP) is 1.36. The Bertz CT molecular complexity index is 589. The molecule has 1 amide bonds. The summed E-state index contributed by atoms with van der Waals surface area (Å²) in [6.45, 7) is 0. The van der Waals surface area contributed by atoms with Crippen molar-refractivity contribution in [2.24, 2.45) is 10.2 Å². The van der Waals surface area contributed by atoms with E-state index in [1.54, 1.807) is 6.07 Å². The molecular formula is C12H8FN3OS. The minimum absolute atomic E-state index is 0.102. The standard InChI is InChI=1S/C12H8FN3OS/c1-2-8-3-9(5-10(13)4-8)6-14-16-12-15-11(17)7-18-12/h1,3-6H,7H2,(H,15,16,17). The molecule has 0 unspecified atom stereocenters. The number of halogens is 1. The lowest BCUT2D eigenvalue weighted by molar-refractivity contribution is -0.116. The van der Waals surface area contributed by atoms with Crippen LogP contribution >= 0.6 is 11.8 Å². The molecule has 0 aliphatic carbocycles. The first-order chi connectivity index (χ1) is 8.67. The second-order valence-corrected chi connectivity index (χ2v) is 4.37. The third kappa shape index (κ3) is 3.18. The number of thioether (sulfide) groups is 1. The van der Waals surface area contributed by atoms with Crippen molar-refractivity contribution in [1.29, 1.82) is 0 Å². The summed E-state index contributed by atoms with van der Waals surface area (Å²) in [7, 11) is 0. The Hall–Kier alpha value is -2.13. The summed E-state index contributed by atoms with van der Waals surface area (Å²) in [5.41, 5.74) is 0.953. The zero-order valence-corrected chi connectivity index (χ0v) is 10.00. The van der Waals surface area contributed by atoms with Crippen LogP contribution in [0.3, 0.4) is 0 Å². The highest BCUT2D eigenvalue weighted by molar-refractivity contribution is 8.15. The number of amidine groups is 1. The first-order valence-corrected chi connectivity index (χ1v) is 5.97. The van der Waals surface area contributed by atoms with Crippen molar-refractivity contribution in [3.8, 4) is 12.3 Å². The van der Waals surface area contributed by atoms with E-state index in [9.17, 15) is 9.18 Å². The molecule has 18 heavy (non-hydrogen) atoms. The highest BCUT2D eigenvalue weighted by atomic mass is 32.2. The maximum Gasteiger partial charge on any atom is 0.236 e. The van der Waals surface area contributed by atoms with Crippen LogP contribution in [0.1, 0.15) is 11.1 Å². The van der Waals surface area contributed by atoms with Gasteiger partial charge in [0.2, 0.25) is 5.91 Å². The van der Waals surface area contributed by atoms with Crippen LogP contribution in [0.5, 0.6) is 0 Å². The van der Waals surface area contributed by atoms with Gasteiger partial charge >= 0.3 is 0 Å². The Kier molecular flexibility index (Phi) is 3.75. The van der Waals surface area contributed by atoms with E-state index in [1.165, 1.54) is 30.1 Å². The molecule has 1 aliphatic rings. The van der Waals surface area contributed by atoms with Gasteiger partial charge in [0.25, 0.3) is 0 Å². The van der Waals surface area contributed by atoms with Crippen molar-refractivity contribution in [2.75, 3.05) is 5.75 Å². The molecule has 1 saturated heterocycles. The molecule has 0 atom stereocenters. The average molecular weight is 261 g/mol. The van der Waals surface area contributed by atoms with Crippen LogP contribution in [-0.2, 0) is 4.79 Å². The van der Waals surface area contributed by atoms with E-state index in [0.29, 0.717) is 22.0 Å². The summed E-state index contributed by atoms with van der Waals surface area (Å²) >= 11 is 1.27. The molecule has 1 heterocycles. The van der Waals surface area contributed by atoms with E-state index < -0.39 is 5.82 Å². The minimum Gasteiger partial charge on any atom is -0.303 e. The molecule has 1 N–H and O–H groups in total. The fraction of sp³-hybridized carbons (Fsp3) is 0.0833.